The van der Waals surface area contributed by atoms with Crippen molar-refractivity contribution in [2.45, 2.75) is 90.3 Å². The molecule has 0 aromatic carbocycles. The number of nitrogens with one attached hydrogen (secondary N) is 1. The minimum Gasteiger partial charge on any atom is -0.481 e. The van der Waals surface area contributed by atoms with Gasteiger partial charge in [0.05, 0.1) is 12.2 Å². The van der Waals surface area contributed by atoms with Gasteiger partial charge in [0.2, 0.25) is 0 Å². The van der Waals surface area contributed by atoms with Gasteiger partial charge in [-0.2, -0.15) is 0 Å². The largest absolute Gasteiger partial charge is 0.481 e. The van der Waals surface area contributed by atoms with Gasteiger partial charge in [-0.05, 0) is 70.1 Å². The van der Waals surface area contributed by atoms with Crippen LogP contribution in [0.15, 0.2) is 12.2 Å². The molecule has 31 heavy (non-hydrogen) atoms. The zero-order valence-electron chi connectivity index (χ0n) is 19.2. The SMILES string of the molecule is CCCN(CC)C(=O)C(=O)NCCCC[C@H]1[C@@H](CC=CCCCC(=O)O)[C@H]2CC[C@@H]1O2. The Hall–Kier alpha value is -1.89. The first kappa shape index (κ1) is 25.4. The van der Waals surface area contributed by atoms with E-state index < -0.39 is 17.8 Å². The zero-order chi connectivity index (χ0) is 22.6. The fraction of sp³-hybridized carbons (Fsp3) is 0.792. The number of carbonyl (C=O) groups is 3. The Morgan fingerprint density at radius 3 is 2.48 bits per heavy atom. The van der Waals surface area contributed by atoms with Crippen molar-refractivity contribution in [1.29, 1.82) is 0 Å². The number of unbranched alkanes of at least 4 members (excludes halogenated alkanes) is 2. The van der Waals surface area contributed by atoms with Gasteiger partial charge in [0.1, 0.15) is 0 Å². The lowest BCUT2D eigenvalue weighted by Gasteiger charge is -2.27. The fourth-order valence-corrected chi connectivity index (χ4v) is 4.94. The monoisotopic (exact) mass is 436 g/mol. The number of allylic oxidation sites excluding steroid dienone is 2. The van der Waals surface area contributed by atoms with Crippen molar-refractivity contribution in [2.75, 3.05) is 19.6 Å². The number of hydrogen-bond acceptors (Lipinski definition) is 4. The van der Waals surface area contributed by atoms with Crippen LogP contribution in [0.2, 0.25) is 0 Å². The number of hydrogen-bond donors (Lipinski definition) is 2. The normalized spacial score (nSPS) is 24.6. The van der Waals surface area contributed by atoms with Crippen LogP contribution < -0.4 is 5.32 Å². The van der Waals surface area contributed by atoms with Crippen molar-refractivity contribution >= 4 is 17.8 Å². The summed E-state index contributed by atoms with van der Waals surface area (Å²) in [6.07, 6.45) is 13.8. The number of fused-ring (bicyclic) bond motifs is 2. The molecule has 2 heterocycles. The van der Waals surface area contributed by atoms with Crippen LogP contribution in [-0.4, -0.2) is 59.6 Å². The number of nitrogens with zero attached hydrogens (tertiary/aromatic N) is 1. The van der Waals surface area contributed by atoms with E-state index in [0.29, 0.717) is 50.1 Å². The summed E-state index contributed by atoms with van der Waals surface area (Å²) in [4.78, 5) is 36.4. The summed E-state index contributed by atoms with van der Waals surface area (Å²) in [6.45, 7) is 5.59. The van der Waals surface area contributed by atoms with Gasteiger partial charge in [-0.15, -0.1) is 0 Å². The van der Waals surface area contributed by atoms with Crippen LogP contribution in [0.25, 0.3) is 0 Å². The maximum absolute atomic E-state index is 12.1. The van der Waals surface area contributed by atoms with E-state index in [4.69, 9.17) is 9.84 Å². The lowest BCUT2D eigenvalue weighted by Crippen LogP contribution is -2.43. The molecule has 2 saturated heterocycles. The Kier molecular flexibility index (Phi) is 11.1. The maximum atomic E-state index is 12.1. The number of aliphatic carboxylic acids is 1. The van der Waals surface area contributed by atoms with Crippen LogP contribution in [0.5, 0.6) is 0 Å². The molecule has 2 aliphatic heterocycles. The Bertz CT molecular complexity index is 621. The molecule has 2 rings (SSSR count). The molecular weight excluding hydrogens is 396 g/mol. The van der Waals surface area contributed by atoms with Gasteiger partial charge in [0.25, 0.3) is 0 Å². The molecular formula is C24H40N2O5. The average Bonchev–Trinajstić information content (AvgIpc) is 3.35. The highest BCUT2D eigenvalue weighted by Gasteiger charge is 2.47. The summed E-state index contributed by atoms with van der Waals surface area (Å²) < 4.78 is 6.16. The minimum atomic E-state index is -0.737. The van der Waals surface area contributed by atoms with Crippen molar-refractivity contribution in [2.24, 2.45) is 11.8 Å². The third-order valence-electron chi connectivity index (χ3n) is 6.53. The molecule has 2 bridgehead atoms. The van der Waals surface area contributed by atoms with Gasteiger partial charge in [-0.25, -0.2) is 0 Å². The molecule has 2 amide bonds. The third-order valence-corrected chi connectivity index (χ3v) is 6.53. The molecule has 7 nitrogen and oxygen atoms in total. The first-order chi connectivity index (χ1) is 15.0. The summed E-state index contributed by atoms with van der Waals surface area (Å²) in [5, 5.41) is 11.5. The quantitative estimate of drug-likeness (QED) is 0.247. The molecule has 0 aliphatic carbocycles. The molecule has 2 fully saturated rings. The minimum absolute atomic E-state index is 0.224. The molecule has 0 saturated carbocycles. The molecule has 0 aromatic heterocycles. The van der Waals surface area contributed by atoms with Crippen molar-refractivity contribution in [3.8, 4) is 0 Å². The van der Waals surface area contributed by atoms with Crippen LogP contribution in [0.1, 0.15) is 78.1 Å². The van der Waals surface area contributed by atoms with E-state index in [0.717, 1.165) is 51.4 Å². The van der Waals surface area contributed by atoms with Crippen LogP contribution in [0.4, 0.5) is 0 Å². The van der Waals surface area contributed by atoms with E-state index in [1.807, 2.05) is 13.8 Å². The van der Waals surface area contributed by atoms with Gasteiger partial charge < -0.3 is 20.1 Å². The summed E-state index contributed by atoms with van der Waals surface area (Å²) >= 11 is 0. The second-order valence-corrected chi connectivity index (χ2v) is 8.75. The zero-order valence-corrected chi connectivity index (χ0v) is 19.2. The standard InChI is InChI=1S/C24H40N2O5/c1-3-17-26(4-2)24(30)23(29)25-16-10-9-12-19-18(20-14-15-21(19)31-20)11-7-5-6-8-13-22(27)28/h5,7,18-21H,3-4,6,8-17H2,1-2H3,(H,25,29)(H,27,28)/t18-,19+,20-,21+/m1/s1. The van der Waals surface area contributed by atoms with E-state index >= 15 is 0 Å². The summed E-state index contributed by atoms with van der Waals surface area (Å²) in [6, 6.07) is 0. The van der Waals surface area contributed by atoms with Gasteiger partial charge in [0.15, 0.2) is 0 Å². The number of ether oxygens (including phenoxy) is 1. The smallest absolute Gasteiger partial charge is 0.311 e. The van der Waals surface area contributed by atoms with Gasteiger partial charge in [-0.1, -0.05) is 25.5 Å². The molecule has 2 N–H and O–H groups in total. The van der Waals surface area contributed by atoms with Crippen LogP contribution in [0, 0.1) is 11.8 Å². The maximum Gasteiger partial charge on any atom is 0.311 e. The van der Waals surface area contributed by atoms with E-state index in [9.17, 15) is 14.4 Å². The van der Waals surface area contributed by atoms with Crippen LogP contribution in [0.3, 0.4) is 0 Å². The lowest BCUT2D eigenvalue weighted by atomic mass is 9.75. The summed E-state index contributed by atoms with van der Waals surface area (Å²) in [7, 11) is 0. The molecule has 4 atom stereocenters. The Labute approximate surface area is 186 Å². The predicted octanol–water partition coefficient (Wildman–Crippen LogP) is 3.53. The summed E-state index contributed by atoms with van der Waals surface area (Å²) in [5.41, 5.74) is 0. The number of carboxylic acid groups (broad SMARTS) is 1. The first-order valence-electron chi connectivity index (χ1n) is 12.1. The van der Waals surface area contributed by atoms with E-state index in [2.05, 4.69) is 17.5 Å². The number of rotatable bonds is 14. The second kappa shape index (κ2) is 13.5. The number of carboxylic acids is 1. The second-order valence-electron chi connectivity index (χ2n) is 8.75. The van der Waals surface area contributed by atoms with Crippen molar-refractivity contribution in [3.05, 3.63) is 12.2 Å². The first-order valence-corrected chi connectivity index (χ1v) is 12.1. The van der Waals surface area contributed by atoms with Gasteiger partial charge in [0, 0.05) is 26.1 Å². The third kappa shape index (κ3) is 7.95. The Balaban J connectivity index is 1.67. The Morgan fingerprint density at radius 2 is 1.81 bits per heavy atom. The highest BCUT2D eigenvalue weighted by Crippen LogP contribution is 2.47. The van der Waals surface area contributed by atoms with Crippen molar-refractivity contribution < 1.29 is 24.2 Å². The van der Waals surface area contributed by atoms with Crippen molar-refractivity contribution in [1.82, 2.24) is 10.2 Å². The molecule has 0 spiro atoms. The lowest BCUT2D eigenvalue weighted by molar-refractivity contribution is -0.145. The van der Waals surface area contributed by atoms with Gasteiger partial charge in [-0.3, -0.25) is 14.4 Å². The number of likely N-dealkylation sites (N-methyl/N-ethyl adjacent to an activating group) is 1. The molecule has 2 aliphatic rings. The molecule has 0 radical (unpaired) electrons. The molecule has 7 heteroatoms. The molecule has 0 aromatic rings. The summed E-state index contributed by atoms with van der Waals surface area (Å²) in [5.74, 6) is -0.567. The van der Waals surface area contributed by atoms with Gasteiger partial charge >= 0.3 is 17.8 Å². The molecule has 0 unspecified atom stereocenters. The van der Waals surface area contributed by atoms with Crippen LogP contribution in [-0.2, 0) is 19.1 Å². The fourth-order valence-electron chi connectivity index (χ4n) is 4.94. The van der Waals surface area contributed by atoms with Crippen LogP contribution >= 0.6 is 0 Å². The van der Waals surface area contributed by atoms with E-state index in [1.165, 1.54) is 0 Å². The highest BCUT2D eigenvalue weighted by molar-refractivity contribution is 6.34. The predicted molar refractivity (Wildman–Crippen MR) is 120 cm³/mol. The molecule has 176 valence electrons. The number of amides is 2. The topological polar surface area (TPSA) is 95.9 Å². The van der Waals surface area contributed by atoms with E-state index in [-0.39, 0.29) is 6.42 Å². The van der Waals surface area contributed by atoms with E-state index in [1.54, 1.807) is 4.90 Å². The number of carbonyl (C=O) groups excluding carboxylic acids is 2. The average molecular weight is 437 g/mol. The Morgan fingerprint density at radius 1 is 1.06 bits per heavy atom. The highest BCUT2D eigenvalue weighted by atomic mass is 16.5. The van der Waals surface area contributed by atoms with Crippen molar-refractivity contribution in [3.63, 3.8) is 0 Å².